The normalized spacial score (nSPS) is 10.2. The van der Waals surface area contributed by atoms with Gasteiger partial charge in [0.05, 0.1) is 12.8 Å². The van der Waals surface area contributed by atoms with Crippen molar-refractivity contribution in [3.05, 3.63) is 60.2 Å². The van der Waals surface area contributed by atoms with E-state index in [1.165, 1.54) is 5.56 Å². The molecule has 0 amide bonds. The van der Waals surface area contributed by atoms with E-state index in [2.05, 4.69) is 11.9 Å². The molecule has 104 valence electrons. The molecule has 1 heterocycles. The Balaban J connectivity index is 2.02. The highest BCUT2D eigenvalue weighted by atomic mass is 16.5. The van der Waals surface area contributed by atoms with E-state index in [0.29, 0.717) is 18.8 Å². The van der Waals surface area contributed by atoms with Crippen LogP contribution in [-0.4, -0.2) is 17.6 Å². The summed E-state index contributed by atoms with van der Waals surface area (Å²) in [7, 11) is 0. The second kappa shape index (κ2) is 7.38. The van der Waals surface area contributed by atoms with Gasteiger partial charge in [0.2, 0.25) is 11.9 Å². The number of nitrogens with zero attached hydrogens (tertiary/aromatic N) is 2. The number of hydrogen-bond donors (Lipinski definition) is 0. The predicted molar refractivity (Wildman–Crippen MR) is 75.2 cm³/mol. The molecule has 2 rings (SSSR count). The van der Waals surface area contributed by atoms with Crippen LogP contribution < -0.4 is 4.57 Å². The molecule has 0 spiro atoms. The van der Waals surface area contributed by atoms with Crippen molar-refractivity contribution in [2.45, 2.75) is 26.3 Å². The van der Waals surface area contributed by atoms with Gasteiger partial charge in [-0.1, -0.05) is 43.7 Å². The molecule has 0 aliphatic carbocycles. The summed E-state index contributed by atoms with van der Waals surface area (Å²) in [5.41, 5.74) is 1.52. The highest BCUT2D eigenvalue weighted by molar-refractivity contribution is 5.86. The van der Waals surface area contributed by atoms with Crippen molar-refractivity contribution < 1.29 is 14.1 Å². The summed E-state index contributed by atoms with van der Waals surface area (Å²) in [6.07, 6.45) is 7.07. The van der Waals surface area contributed by atoms with E-state index in [4.69, 9.17) is 4.74 Å². The van der Waals surface area contributed by atoms with E-state index in [0.717, 1.165) is 12.8 Å². The van der Waals surface area contributed by atoms with Gasteiger partial charge in [-0.05, 0) is 6.42 Å². The second-order valence-corrected chi connectivity index (χ2v) is 4.59. The van der Waals surface area contributed by atoms with Gasteiger partial charge in [-0.25, -0.2) is 9.78 Å². The molecule has 1 aromatic heterocycles. The van der Waals surface area contributed by atoms with Crippen molar-refractivity contribution in [3.8, 4) is 0 Å². The summed E-state index contributed by atoms with van der Waals surface area (Å²) in [6.45, 7) is 3.21. The van der Waals surface area contributed by atoms with Gasteiger partial charge in [-0.2, -0.15) is 4.57 Å². The van der Waals surface area contributed by atoms with Crippen molar-refractivity contribution in [2.24, 2.45) is 0 Å². The number of aromatic nitrogens is 2. The minimum absolute atomic E-state index is 0.347. The van der Waals surface area contributed by atoms with Crippen molar-refractivity contribution >= 4 is 5.97 Å². The number of rotatable bonds is 6. The topological polar surface area (TPSA) is 43.1 Å². The zero-order valence-electron chi connectivity index (χ0n) is 11.7. The SMILES string of the molecule is CCCCOC(=O)c1c[n+](Cc2ccccc2)ccn1. The highest BCUT2D eigenvalue weighted by Gasteiger charge is 2.13. The van der Waals surface area contributed by atoms with Crippen molar-refractivity contribution in [3.63, 3.8) is 0 Å². The van der Waals surface area contributed by atoms with E-state index in [-0.39, 0.29) is 5.97 Å². The van der Waals surface area contributed by atoms with Crippen LogP contribution in [0.5, 0.6) is 0 Å². The first-order chi connectivity index (χ1) is 9.79. The Bertz CT molecular complexity index is 555. The highest BCUT2D eigenvalue weighted by Crippen LogP contribution is 1.99. The van der Waals surface area contributed by atoms with E-state index >= 15 is 0 Å². The maximum atomic E-state index is 11.8. The quantitative estimate of drug-likeness (QED) is 0.460. The predicted octanol–water partition coefficient (Wildman–Crippen LogP) is 2.37. The molecule has 1 aromatic carbocycles. The van der Waals surface area contributed by atoms with E-state index in [1.54, 1.807) is 12.4 Å². The Morgan fingerprint density at radius 3 is 2.85 bits per heavy atom. The number of ether oxygens (including phenoxy) is 1. The number of esters is 1. The second-order valence-electron chi connectivity index (χ2n) is 4.59. The van der Waals surface area contributed by atoms with E-state index < -0.39 is 0 Å². The Kier molecular flexibility index (Phi) is 5.24. The lowest BCUT2D eigenvalue weighted by molar-refractivity contribution is -0.689. The maximum absolute atomic E-state index is 11.8. The average molecular weight is 271 g/mol. The fourth-order valence-electron chi connectivity index (χ4n) is 1.81. The Morgan fingerprint density at radius 2 is 2.10 bits per heavy atom. The molecule has 0 N–H and O–H groups in total. The van der Waals surface area contributed by atoms with Crippen molar-refractivity contribution in [2.75, 3.05) is 6.61 Å². The minimum atomic E-state index is -0.360. The van der Waals surface area contributed by atoms with Crippen molar-refractivity contribution in [1.29, 1.82) is 0 Å². The van der Waals surface area contributed by atoms with Gasteiger partial charge in [0.15, 0.2) is 12.7 Å². The molecular formula is C16H19N2O2+. The summed E-state index contributed by atoms with van der Waals surface area (Å²) in [6, 6.07) is 10.1. The smallest absolute Gasteiger partial charge is 0.363 e. The molecule has 0 saturated heterocycles. The molecular weight excluding hydrogens is 252 g/mol. The van der Waals surface area contributed by atoms with Crippen LogP contribution in [0.4, 0.5) is 0 Å². The zero-order valence-corrected chi connectivity index (χ0v) is 11.7. The number of unbranched alkanes of at least 4 members (excludes halogenated alkanes) is 1. The number of benzene rings is 1. The first-order valence-electron chi connectivity index (χ1n) is 6.85. The molecule has 0 unspecified atom stereocenters. The molecule has 4 nitrogen and oxygen atoms in total. The van der Waals surface area contributed by atoms with Crippen LogP contribution in [0.3, 0.4) is 0 Å². The third kappa shape index (κ3) is 4.16. The van der Waals surface area contributed by atoms with Crippen LogP contribution in [0.25, 0.3) is 0 Å². The third-order valence-corrected chi connectivity index (χ3v) is 2.91. The molecule has 0 aliphatic heterocycles. The summed E-state index contributed by atoms with van der Waals surface area (Å²) < 4.78 is 7.09. The molecule has 0 saturated carbocycles. The van der Waals surface area contributed by atoms with E-state index in [1.807, 2.05) is 41.1 Å². The lowest BCUT2D eigenvalue weighted by Crippen LogP contribution is -2.35. The lowest BCUT2D eigenvalue weighted by atomic mass is 10.2. The average Bonchev–Trinajstić information content (AvgIpc) is 2.49. The molecule has 0 bridgehead atoms. The van der Waals surface area contributed by atoms with Gasteiger partial charge in [0, 0.05) is 5.56 Å². The fourth-order valence-corrected chi connectivity index (χ4v) is 1.81. The van der Waals surface area contributed by atoms with Crippen LogP contribution in [0, 0.1) is 0 Å². The molecule has 4 heteroatoms. The molecule has 20 heavy (non-hydrogen) atoms. The van der Waals surface area contributed by atoms with Gasteiger partial charge in [-0.15, -0.1) is 0 Å². The zero-order chi connectivity index (χ0) is 14.2. The fraction of sp³-hybridized carbons (Fsp3) is 0.312. The molecule has 0 radical (unpaired) electrons. The van der Waals surface area contributed by atoms with Gasteiger partial charge in [-0.3, -0.25) is 0 Å². The van der Waals surface area contributed by atoms with Crippen LogP contribution in [-0.2, 0) is 11.3 Å². The van der Waals surface area contributed by atoms with Crippen LogP contribution in [0.2, 0.25) is 0 Å². The van der Waals surface area contributed by atoms with Gasteiger partial charge < -0.3 is 4.74 Å². The standard InChI is InChI=1S/C16H19N2O2/c1-2-3-11-20-16(19)15-13-18(10-9-17-15)12-14-7-5-4-6-8-14/h4-10,13H,2-3,11-12H2,1H3/q+1. The van der Waals surface area contributed by atoms with Gasteiger partial charge in [0.1, 0.15) is 0 Å². The largest absolute Gasteiger partial charge is 0.461 e. The summed E-state index contributed by atoms with van der Waals surface area (Å²) in [5, 5.41) is 0. The number of carbonyl (C=O) groups is 1. The number of hydrogen-bond acceptors (Lipinski definition) is 3. The summed E-state index contributed by atoms with van der Waals surface area (Å²) in [5.74, 6) is -0.360. The molecule has 2 aromatic rings. The molecule has 0 aliphatic rings. The van der Waals surface area contributed by atoms with Crippen molar-refractivity contribution in [1.82, 2.24) is 4.98 Å². The van der Waals surface area contributed by atoms with Crippen LogP contribution in [0.15, 0.2) is 48.9 Å². The van der Waals surface area contributed by atoms with Gasteiger partial charge >= 0.3 is 5.97 Å². The Hall–Kier alpha value is -2.23. The lowest BCUT2D eigenvalue weighted by Gasteiger charge is -2.02. The first kappa shape index (κ1) is 14.2. The summed E-state index contributed by atoms with van der Waals surface area (Å²) >= 11 is 0. The monoisotopic (exact) mass is 271 g/mol. The molecule has 0 atom stereocenters. The van der Waals surface area contributed by atoms with Gasteiger partial charge in [0.25, 0.3) is 0 Å². The first-order valence-corrected chi connectivity index (χ1v) is 6.85. The van der Waals surface area contributed by atoms with Crippen LogP contribution in [0.1, 0.15) is 35.8 Å². The molecule has 0 fully saturated rings. The Labute approximate surface area is 119 Å². The minimum Gasteiger partial charge on any atom is -0.461 e. The van der Waals surface area contributed by atoms with E-state index in [9.17, 15) is 4.79 Å². The Morgan fingerprint density at radius 1 is 1.30 bits per heavy atom. The maximum Gasteiger partial charge on any atom is 0.363 e. The third-order valence-electron chi connectivity index (χ3n) is 2.91. The number of carbonyl (C=O) groups excluding carboxylic acids is 1. The van der Waals surface area contributed by atoms with Crippen LogP contribution >= 0.6 is 0 Å². The summed E-state index contributed by atoms with van der Waals surface area (Å²) in [4.78, 5) is 15.9.